The highest BCUT2D eigenvalue weighted by molar-refractivity contribution is 6.10. The first-order valence-electron chi connectivity index (χ1n) is 25.4. The van der Waals surface area contributed by atoms with Crippen molar-refractivity contribution in [3.8, 4) is 23.0 Å². The Morgan fingerprint density at radius 2 is 0.816 bits per heavy atom. The van der Waals surface area contributed by atoms with Crippen LogP contribution in [0.5, 0.6) is 23.0 Å². The van der Waals surface area contributed by atoms with E-state index in [1.165, 1.54) is 6.92 Å². The number of esters is 4. The molecular weight excluding hydrogens is 973 g/mol. The van der Waals surface area contributed by atoms with Gasteiger partial charge in [0.05, 0.1) is 70.6 Å². The third kappa shape index (κ3) is 19.8. The molecule has 0 amide bonds. The first-order chi connectivity index (χ1) is 36.8. The van der Waals surface area contributed by atoms with Crippen molar-refractivity contribution in [2.45, 2.75) is 71.5 Å². The van der Waals surface area contributed by atoms with E-state index < -0.39 is 23.9 Å². The van der Waals surface area contributed by atoms with Crippen LogP contribution in [0.2, 0.25) is 0 Å². The van der Waals surface area contributed by atoms with Crippen molar-refractivity contribution in [2.24, 2.45) is 11.8 Å². The molecule has 0 aromatic heterocycles. The summed E-state index contributed by atoms with van der Waals surface area (Å²) < 4.78 is 48.3. The Morgan fingerprint density at radius 1 is 0.461 bits per heavy atom. The van der Waals surface area contributed by atoms with Gasteiger partial charge in [0.2, 0.25) is 0 Å². The minimum Gasteiger partial charge on any atom is -0.494 e. The summed E-state index contributed by atoms with van der Waals surface area (Å²) >= 11 is 0. The SMILES string of the molecule is C=CC(=O)OCCCCOc1ccc(C(=O)Oc2ccc3cc(C(=O)c4ccc(OCCCCOC(=O)C=C)cc4)ccc3c2)cc1.C=CC(=O)OCCCCOc1ccc(C(C)=O)cc1.C[C@@H]1CO[C@H]2[C@@H]1OC[C@@H]2C. The minimum absolute atomic E-state index is 0.0376. The second-order valence-corrected chi connectivity index (χ2v) is 17.9. The molecule has 0 N–H and O–H groups in total. The molecule has 15 heteroatoms. The highest BCUT2D eigenvalue weighted by Gasteiger charge is 2.43. The van der Waals surface area contributed by atoms with Crippen LogP contribution in [0.25, 0.3) is 10.8 Å². The summed E-state index contributed by atoms with van der Waals surface area (Å²) in [7, 11) is 0. The fourth-order valence-electron chi connectivity index (χ4n) is 7.70. The van der Waals surface area contributed by atoms with Crippen LogP contribution in [-0.2, 0) is 38.1 Å². The zero-order valence-corrected chi connectivity index (χ0v) is 43.6. The van der Waals surface area contributed by atoms with Gasteiger partial charge >= 0.3 is 23.9 Å². The van der Waals surface area contributed by atoms with Crippen molar-refractivity contribution in [2.75, 3.05) is 52.9 Å². The number of benzene rings is 5. The van der Waals surface area contributed by atoms with Crippen molar-refractivity contribution >= 4 is 46.2 Å². The number of rotatable bonds is 26. The predicted molar refractivity (Wildman–Crippen MR) is 287 cm³/mol. The van der Waals surface area contributed by atoms with Gasteiger partial charge in [-0.15, -0.1) is 0 Å². The first kappa shape index (κ1) is 59.0. The number of carbonyl (C=O) groups excluding carboxylic acids is 6. The van der Waals surface area contributed by atoms with Gasteiger partial charge in [-0.25, -0.2) is 19.2 Å². The van der Waals surface area contributed by atoms with Crippen LogP contribution in [0, 0.1) is 11.8 Å². The average molecular weight is 1040 g/mol. The number of carbonyl (C=O) groups is 6. The Morgan fingerprint density at radius 3 is 1.24 bits per heavy atom. The maximum atomic E-state index is 13.2. The standard InChI is InChI=1S/C38H36O9.C15H18O4.C8H14O2/c1-3-35(39)45-23-7-5-21-43-32-16-11-27(12-17-32)37(41)31-10-9-30-26-34(20-15-29(30)25-31)47-38(42)28-13-18-33(19-14-28)44-22-6-8-24-46-36(40)4-2;1-3-15(17)19-11-5-4-10-18-14-8-6-13(7-9-14)12(2)16;1-5-3-9-8-6(2)4-10-7(5)8/h3-4,9-20,25-26H,1-2,5-8,21-24H2;3,6-9H,1,4-5,10-11H2,2H3;5-8H,3-4H2,1-2H3/t;;5-,6+,7-,8-/m..1/s1. The lowest BCUT2D eigenvalue weighted by molar-refractivity contribution is -0.138. The van der Waals surface area contributed by atoms with Gasteiger partial charge in [-0.05, 0) is 147 Å². The number of hydrogen-bond donors (Lipinski definition) is 0. The van der Waals surface area contributed by atoms with Crippen molar-refractivity contribution < 1.29 is 71.4 Å². The van der Waals surface area contributed by atoms with Crippen LogP contribution in [0.4, 0.5) is 0 Å². The van der Waals surface area contributed by atoms with Gasteiger partial charge in [-0.1, -0.05) is 51.8 Å². The zero-order valence-electron chi connectivity index (χ0n) is 43.6. The first-order valence-corrected chi connectivity index (χ1v) is 25.4. The van der Waals surface area contributed by atoms with Crippen molar-refractivity contribution in [1.82, 2.24) is 0 Å². The summed E-state index contributed by atoms with van der Waals surface area (Å²) in [4.78, 5) is 69.8. The van der Waals surface area contributed by atoms with Gasteiger partial charge in [-0.3, -0.25) is 9.59 Å². The molecule has 0 aliphatic carbocycles. The van der Waals surface area contributed by atoms with Crippen molar-refractivity contribution in [3.05, 3.63) is 169 Å². The summed E-state index contributed by atoms with van der Waals surface area (Å²) in [5, 5.41) is 1.65. The molecule has 0 unspecified atom stereocenters. The Hall–Kier alpha value is -7.88. The number of Topliss-reactive ketones (excluding diaryl/α,β-unsaturated/α-hetero) is 1. The second-order valence-electron chi connectivity index (χ2n) is 17.9. The number of ether oxygens (including phenoxy) is 9. The van der Waals surface area contributed by atoms with Crippen LogP contribution in [-0.4, -0.2) is 101 Å². The van der Waals surface area contributed by atoms with E-state index in [2.05, 4.69) is 33.6 Å². The van der Waals surface area contributed by atoms with E-state index in [0.29, 0.717) is 129 Å². The normalized spacial score (nSPS) is 15.9. The predicted octanol–water partition coefficient (Wildman–Crippen LogP) is 10.9. The molecule has 7 rings (SSSR count). The largest absolute Gasteiger partial charge is 0.494 e. The topological polar surface area (TPSA) is 185 Å². The van der Waals surface area contributed by atoms with E-state index in [0.717, 1.165) is 60.8 Å². The molecular formula is C61H68O15. The van der Waals surface area contributed by atoms with Gasteiger partial charge in [0.1, 0.15) is 23.0 Å². The Kier molecular flexibility index (Phi) is 24.7. The van der Waals surface area contributed by atoms with Crippen LogP contribution in [0.3, 0.4) is 0 Å². The van der Waals surface area contributed by atoms with Crippen LogP contribution >= 0.6 is 0 Å². The van der Waals surface area contributed by atoms with Gasteiger partial charge in [-0.2, -0.15) is 0 Å². The van der Waals surface area contributed by atoms with Crippen LogP contribution in [0.15, 0.2) is 147 Å². The molecule has 2 aliphatic heterocycles. The molecule has 2 heterocycles. The quantitative estimate of drug-likeness (QED) is 0.0127. The molecule has 5 aromatic rings. The zero-order chi connectivity index (χ0) is 54.7. The summed E-state index contributed by atoms with van der Waals surface area (Å²) in [6.07, 6.45) is 8.49. The molecule has 2 fully saturated rings. The number of fused-ring (bicyclic) bond motifs is 2. The fraction of sp³-hybridized carbons (Fsp3) is 0.344. The Labute approximate surface area is 444 Å². The van der Waals surface area contributed by atoms with E-state index in [9.17, 15) is 28.8 Å². The monoisotopic (exact) mass is 1040 g/mol. The lowest BCUT2D eigenvalue weighted by atomic mass is 9.99. The molecule has 5 aromatic carbocycles. The minimum atomic E-state index is -0.506. The molecule has 402 valence electrons. The molecule has 0 radical (unpaired) electrons. The lowest BCUT2D eigenvalue weighted by Gasteiger charge is -2.10. The third-order valence-electron chi connectivity index (χ3n) is 12.0. The number of hydrogen-bond acceptors (Lipinski definition) is 15. The lowest BCUT2D eigenvalue weighted by Crippen LogP contribution is -2.23. The average Bonchev–Trinajstić information content (AvgIpc) is 4.02. The van der Waals surface area contributed by atoms with Crippen molar-refractivity contribution in [1.29, 1.82) is 0 Å². The molecule has 4 atom stereocenters. The van der Waals surface area contributed by atoms with E-state index in [1.807, 2.05) is 6.07 Å². The maximum absolute atomic E-state index is 13.2. The van der Waals surface area contributed by atoms with E-state index in [-0.39, 0.29) is 11.6 Å². The number of ketones is 2. The van der Waals surface area contributed by atoms with Crippen LogP contribution in [0.1, 0.15) is 95.9 Å². The van der Waals surface area contributed by atoms with Crippen LogP contribution < -0.4 is 18.9 Å². The summed E-state index contributed by atoms with van der Waals surface area (Å²) in [6.45, 7) is 20.2. The summed E-state index contributed by atoms with van der Waals surface area (Å²) in [6, 6.07) is 31.2. The molecule has 0 spiro atoms. The van der Waals surface area contributed by atoms with Gasteiger partial charge in [0, 0.05) is 46.8 Å². The second kappa shape index (κ2) is 31.8. The van der Waals surface area contributed by atoms with Gasteiger partial charge in [0.15, 0.2) is 11.6 Å². The van der Waals surface area contributed by atoms with Gasteiger partial charge in [0.25, 0.3) is 0 Å². The van der Waals surface area contributed by atoms with E-state index in [4.69, 9.17) is 42.6 Å². The molecule has 2 aliphatic rings. The maximum Gasteiger partial charge on any atom is 0.343 e. The van der Waals surface area contributed by atoms with Gasteiger partial charge < -0.3 is 42.6 Å². The van der Waals surface area contributed by atoms with Crippen molar-refractivity contribution in [3.63, 3.8) is 0 Å². The molecule has 2 saturated heterocycles. The fourth-order valence-corrected chi connectivity index (χ4v) is 7.70. The summed E-state index contributed by atoms with van der Waals surface area (Å²) in [5.41, 5.74) is 2.10. The highest BCUT2D eigenvalue weighted by atomic mass is 16.6. The summed E-state index contributed by atoms with van der Waals surface area (Å²) in [5.74, 6) is 1.70. The van der Waals surface area contributed by atoms with E-state index in [1.54, 1.807) is 103 Å². The smallest absolute Gasteiger partial charge is 0.343 e. The molecule has 0 saturated carbocycles. The molecule has 0 bridgehead atoms. The number of unbranched alkanes of at least 4 members (excludes halogenated alkanes) is 3. The van der Waals surface area contributed by atoms with E-state index >= 15 is 0 Å². The molecule has 76 heavy (non-hydrogen) atoms. The third-order valence-corrected chi connectivity index (χ3v) is 12.0. The Balaban J connectivity index is 0.000000297. The molecule has 15 nitrogen and oxygen atoms in total. The highest BCUT2D eigenvalue weighted by Crippen LogP contribution is 2.34. The Bertz CT molecular complexity index is 2690.